The van der Waals surface area contributed by atoms with Crippen LogP contribution >= 0.6 is 0 Å². The lowest BCUT2D eigenvalue weighted by Gasteiger charge is -2.21. The van der Waals surface area contributed by atoms with Gasteiger partial charge >= 0.3 is 5.97 Å². The molecule has 2 atom stereocenters. The molecule has 1 aliphatic rings. The predicted molar refractivity (Wildman–Crippen MR) is 90.9 cm³/mol. The molecule has 1 aliphatic heterocycles. The normalized spacial score (nSPS) is 19.8. The van der Waals surface area contributed by atoms with E-state index >= 15 is 0 Å². The maximum absolute atomic E-state index is 14.6. The summed E-state index contributed by atoms with van der Waals surface area (Å²) < 4.78 is 21.2. The number of benzene rings is 1. The molecule has 138 valence electrons. The second-order valence-corrected chi connectivity index (χ2v) is 6.41. The SMILES string of the molecule is COC1CC(C(=O)O)N(C(=O)c2ccc(-n3nc(C)cc3C)c(F)c2)C1. The van der Waals surface area contributed by atoms with Crippen molar-refractivity contribution in [3.8, 4) is 5.69 Å². The zero-order chi connectivity index (χ0) is 19.0. The second kappa shape index (κ2) is 6.87. The number of methoxy groups -OCH3 is 1. The van der Waals surface area contributed by atoms with Gasteiger partial charge in [-0.3, -0.25) is 4.79 Å². The number of rotatable bonds is 4. The Morgan fingerprint density at radius 3 is 2.58 bits per heavy atom. The Bertz CT molecular complexity index is 864. The highest BCUT2D eigenvalue weighted by molar-refractivity contribution is 5.97. The fourth-order valence-corrected chi connectivity index (χ4v) is 3.28. The Balaban J connectivity index is 1.90. The number of hydrogen-bond acceptors (Lipinski definition) is 4. The van der Waals surface area contributed by atoms with Crippen molar-refractivity contribution in [1.29, 1.82) is 0 Å². The van der Waals surface area contributed by atoms with Gasteiger partial charge in [0, 0.05) is 31.3 Å². The Morgan fingerprint density at radius 1 is 1.31 bits per heavy atom. The minimum absolute atomic E-state index is 0.0933. The van der Waals surface area contributed by atoms with E-state index in [0.717, 1.165) is 17.5 Å². The van der Waals surface area contributed by atoms with E-state index in [1.807, 2.05) is 19.9 Å². The highest BCUT2D eigenvalue weighted by Gasteiger charge is 2.40. The van der Waals surface area contributed by atoms with Gasteiger partial charge in [0.1, 0.15) is 17.5 Å². The highest BCUT2D eigenvalue weighted by atomic mass is 19.1. The minimum Gasteiger partial charge on any atom is -0.480 e. The van der Waals surface area contributed by atoms with Crippen LogP contribution in [0.2, 0.25) is 0 Å². The van der Waals surface area contributed by atoms with Gasteiger partial charge in [0.05, 0.1) is 11.8 Å². The third-order valence-corrected chi connectivity index (χ3v) is 4.57. The molecule has 2 unspecified atom stereocenters. The molecule has 0 radical (unpaired) electrons. The van der Waals surface area contributed by atoms with Crippen LogP contribution in [0.3, 0.4) is 0 Å². The topological polar surface area (TPSA) is 84.7 Å². The molecule has 2 aromatic rings. The third-order valence-electron chi connectivity index (χ3n) is 4.57. The maximum Gasteiger partial charge on any atom is 0.326 e. The molecule has 7 nitrogen and oxygen atoms in total. The Hall–Kier alpha value is -2.74. The van der Waals surface area contributed by atoms with E-state index in [1.165, 1.54) is 28.8 Å². The fraction of sp³-hybridized carbons (Fsp3) is 0.389. The Labute approximate surface area is 150 Å². The van der Waals surface area contributed by atoms with E-state index in [2.05, 4.69) is 5.10 Å². The van der Waals surface area contributed by atoms with Gasteiger partial charge in [0.15, 0.2) is 0 Å². The van der Waals surface area contributed by atoms with Crippen LogP contribution in [0.25, 0.3) is 5.69 Å². The van der Waals surface area contributed by atoms with Crippen molar-refractivity contribution < 1.29 is 23.8 Å². The minimum atomic E-state index is -1.10. The standard InChI is InChI=1S/C18H20FN3O4/c1-10-6-11(2)22(20-10)15-5-4-12(7-14(15)19)17(23)21-9-13(26-3)8-16(21)18(24)25/h4-7,13,16H,8-9H2,1-3H3,(H,24,25). The van der Waals surface area contributed by atoms with Crippen LogP contribution in [-0.4, -0.2) is 57.5 Å². The van der Waals surface area contributed by atoms with Gasteiger partial charge in [-0.05, 0) is 38.1 Å². The van der Waals surface area contributed by atoms with Crippen molar-refractivity contribution in [3.05, 3.63) is 47.0 Å². The quantitative estimate of drug-likeness (QED) is 0.900. The second-order valence-electron chi connectivity index (χ2n) is 6.41. The smallest absolute Gasteiger partial charge is 0.326 e. The summed E-state index contributed by atoms with van der Waals surface area (Å²) in [6, 6.07) is 4.92. The number of nitrogens with zero attached hydrogens (tertiary/aromatic N) is 3. The summed E-state index contributed by atoms with van der Waals surface area (Å²) in [5.41, 5.74) is 1.86. The van der Waals surface area contributed by atoms with Gasteiger partial charge in [-0.15, -0.1) is 0 Å². The summed E-state index contributed by atoms with van der Waals surface area (Å²) in [4.78, 5) is 25.3. The lowest BCUT2D eigenvalue weighted by molar-refractivity contribution is -0.141. The third kappa shape index (κ3) is 3.20. The van der Waals surface area contributed by atoms with E-state index in [0.29, 0.717) is 0 Å². The fourth-order valence-electron chi connectivity index (χ4n) is 3.28. The monoisotopic (exact) mass is 361 g/mol. The lowest BCUT2D eigenvalue weighted by Crippen LogP contribution is -2.40. The van der Waals surface area contributed by atoms with Crippen molar-refractivity contribution in [3.63, 3.8) is 0 Å². The first-order valence-electron chi connectivity index (χ1n) is 8.21. The average molecular weight is 361 g/mol. The number of carbonyl (C=O) groups is 2. The summed E-state index contributed by atoms with van der Waals surface area (Å²) in [6.07, 6.45) is -0.136. The van der Waals surface area contributed by atoms with Crippen LogP contribution in [-0.2, 0) is 9.53 Å². The summed E-state index contributed by atoms with van der Waals surface area (Å²) in [7, 11) is 1.47. The summed E-state index contributed by atoms with van der Waals surface area (Å²) in [5, 5.41) is 13.6. The van der Waals surface area contributed by atoms with E-state index < -0.39 is 23.7 Å². The van der Waals surface area contributed by atoms with E-state index in [9.17, 15) is 19.1 Å². The van der Waals surface area contributed by atoms with Crippen molar-refractivity contribution >= 4 is 11.9 Å². The van der Waals surface area contributed by atoms with E-state index in [4.69, 9.17) is 4.74 Å². The first-order chi connectivity index (χ1) is 12.3. The van der Waals surface area contributed by atoms with Gasteiger partial charge in [-0.25, -0.2) is 13.9 Å². The molecular weight excluding hydrogens is 341 g/mol. The first kappa shape index (κ1) is 18.1. The van der Waals surface area contributed by atoms with Crippen molar-refractivity contribution in [2.45, 2.75) is 32.4 Å². The van der Waals surface area contributed by atoms with Gasteiger partial charge in [-0.2, -0.15) is 5.10 Å². The van der Waals surface area contributed by atoms with E-state index in [-0.39, 0.29) is 30.3 Å². The molecule has 0 spiro atoms. The van der Waals surface area contributed by atoms with Crippen LogP contribution in [0, 0.1) is 19.7 Å². The Morgan fingerprint density at radius 2 is 2.04 bits per heavy atom. The molecule has 1 amide bonds. The van der Waals surface area contributed by atoms with Crippen LogP contribution in [0.5, 0.6) is 0 Å². The molecule has 3 rings (SSSR count). The highest BCUT2D eigenvalue weighted by Crippen LogP contribution is 2.24. The molecule has 26 heavy (non-hydrogen) atoms. The molecule has 0 bridgehead atoms. The van der Waals surface area contributed by atoms with Crippen LogP contribution in [0.4, 0.5) is 4.39 Å². The molecule has 0 aliphatic carbocycles. The van der Waals surface area contributed by atoms with Crippen molar-refractivity contribution in [2.75, 3.05) is 13.7 Å². The Kier molecular flexibility index (Phi) is 4.78. The zero-order valence-electron chi connectivity index (χ0n) is 14.8. The number of aromatic nitrogens is 2. The summed E-state index contributed by atoms with van der Waals surface area (Å²) >= 11 is 0. The van der Waals surface area contributed by atoms with Gasteiger partial charge < -0.3 is 14.7 Å². The number of ether oxygens (including phenoxy) is 1. The average Bonchev–Trinajstić information content (AvgIpc) is 3.17. The zero-order valence-corrected chi connectivity index (χ0v) is 14.8. The lowest BCUT2D eigenvalue weighted by atomic mass is 10.1. The molecule has 1 fully saturated rings. The maximum atomic E-state index is 14.6. The molecular formula is C18H20FN3O4. The number of aryl methyl sites for hydroxylation is 2. The largest absolute Gasteiger partial charge is 0.480 e. The number of carboxylic acids is 1. The molecule has 1 aromatic heterocycles. The molecule has 1 saturated heterocycles. The number of halogens is 1. The predicted octanol–water partition coefficient (Wildman–Crippen LogP) is 1.94. The molecule has 2 heterocycles. The number of amides is 1. The van der Waals surface area contributed by atoms with Crippen LogP contribution < -0.4 is 0 Å². The van der Waals surface area contributed by atoms with Crippen molar-refractivity contribution in [1.82, 2.24) is 14.7 Å². The first-order valence-corrected chi connectivity index (χ1v) is 8.21. The molecule has 8 heteroatoms. The van der Waals surface area contributed by atoms with E-state index in [1.54, 1.807) is 0 Å². The number of likely N-dealkylation sites (tertiary alicyclic amines) is 1. The summed E-state index contributed by atoms with van der Waals surface area (Å²) in [6.45, 7) is 3.78. The van der Waals surface area contributed by atoms with Gasteiger partial charge in [0.2, 0.25) is 0 Å². The van der Waals surface area contributed by atoms with Gasteiger partial charge in [-0.1, -0.05) is 0 Å². The summed E-state index contributed by atoms with van der Waals surface area (Å²) in [5.74, 6) is -2.23. The molecule has 0 saturated carbocycles. The van der Waals surface area contributed by atoms with Crippen LogP contribution in [0.15, 0.2) is 24.3 Å². The van der Waals surface area contributed by atoms with Crippen LogP contribution in [0.1, 0.15) is 28.2 Å². The number of aliphatic carboxylic acids is 1. The molecule has 1 aromatic carbocycles. The molecule has 1 N–H and O–H groups in total. The van der Waals surface area contributed by atoms with Crippen molar-refractivity contribution in [2.24, 2.45) is 0 Å². The number of carboxylic acid groups (broad SMARTS) is 1. The number of carbonyl (C=O) groups excluding carboxylic acids is 1. The number of hydrogen-bond donors (Lipinski definition) is 1. The van der Waals surface area contributed by atoms with Gasteiger partial charge in [0.25, 0.3) is 5.91 Å².